The van der Waals surface area contributed by atoms with E-state index in [1.807, 2.05) is 45.9 Å². The lowest BCUT2D eigenvalue weighted by Crippen LogP contribution is -2.14. The van der Waals surface area contributed by atoms with Crippen LogP contribution in [0.1, 0.15) is 51.3 Å². The average molecular weight is 398 g/mol. The first-order chi connectivity index (χ1) is 13.1. The molecule has 0 spiro atoms. The number of rotatable bonds is 9. The zero-order valence-electron chi connectivity index (χ0n) is 17.6. The maximum Gasteiger partial charge on any atom is 0.174 e. The maximum atomic E-state index is 6.05. The van der Waals surface area contributed by atoms with Crippen molar-refractivity contribution in [3.8, 4) is 11.6 Å². The lowest BCUT2D eigenvalue weighted by molar-refractivity contribution is 0.129. The minimum atomic E-state index is -0.400. The molecule has 28 heavy (non-hydrogen) atoms. The van der Waals surface area contributed by atoms with Crippen LogP contribution in [-0.2, 0) is 11.2 Å². The van der Waals surface area contributed by atoms with Gasteiger partial charge in [0.15, 0.2) is 11.6 Å². The third-order valence-corrected chi connectivity index (χ3v) is 4.17. The number of hydrogen-bond acceptors (Lipinski definition) is 3. The standard InChI is InChI=1S/C23H31N2O2P/c1-8-10-11-15(3)14-19-16(4)24-22(25-19)21-13-12-20(26-21)18(9-2)17(5)27-23(6,7)28/h9-13H,3,5,8,14,28H2,1-2,4,6-7H3,(H,24,25)/b11-10-,18-9+. The lowest BCUT2D eigenvalue weighted by Gasteiger charge is -2.23. The first kappa shape index (κ1) is 22.0. The molecule has 0 aliphatic carbocycles. The Morgan fingerprint density at radius 2 is 2.07 bits per heavy atom. The van der Waals surface area contributed by atoms with Crippen molar-refractivity contribution in [3.63, 3.8) is 0 Å². The molecular formula is C23H31N2O2P. The summed E-state index contributed by atoms with van der Waals surface area (Å²) in [6.45, 7) is 18.1. The summed E-state index contributed by atoms with van der Waals surface area (Å²) in [5.41, 5.74) is 3.85. The van der Waals surface area contributed by atoms with Crippen LogP contribution in [0, 0.1) is 6.92 Å². The van der Waals surface area contributed by atoms with Gasteiger partial charge >= 0.3 is 0 Å². The second-order valence-corrected chi connectivity index (χ2v) is 8.69. The molecule has 0 saturated heterocycles. The van der Waals surface area contributed by atoms with Gasteiger partial charge in [0.2, 0.25) is 0 Å². The largest absolute Gasteiger partial charge is 0.484 e. The normalized spacial score (nSPS) is 12.6. The Balaban J connectivity index is 2.22. The highest BCUT2D eigenvalue weighted by Crippen LogP contribution is 2.32. The molecule has 2 aromatic rings. The molecule has 150 valence electrons. The van der Waals surface area contributed by atoms with Crippen molar-refractivity contribution >= 4 is 14.8 Å². The van der Waals surface area contributed by atoms with E-state index in [-0.39, 0.29) is 0 Å². The molecule has 0 aromatic carbocycles. The molecule has 1 atom stereocenters. The van der Waals surface area contributed by atoms with E-state index in [9.17, 15) is 0 Å². The predicted octanol–water partition coefficient (Wildman–Crippen LogP) is 6.59. The van der Waals surface area contributed by atoms with E-state index in [0.717, 1.165) is 29.0 Å². The number of furan rings is 1. The number of hydrogen-bond donors (Lipinski definition) is 1. The van der Waals surface area contributed by atoms with Gasteiger partial charge in [0.1, 0.15) is 16.9 Å². The molecule has 2 rings (SSSR count). The smallest absolute Gasteiger partial charge is 0.174 e. The van der Waals surface area contributed by atoms with Crippen LogP contribution in [0.15, 0.2) is 59.3 Å². The molecule has 5 heteroatoms. The van der Waals surface area contributed by atoms with E-state index in [1.165, 1.54) is 0 Å². The molecule has 2 heterocycles. The molecule has 0 fully saturated rings. The summed E-state index contributed by atoms with van der Waals surface area (Å²) in [6, 6.07) is 3.82. The first-order valence-electron chi connectivity index (χ1n) is 9.48. The van der Waals surface area contributed by atoms with Crippen molar-refractivity contribution in [2.24, 2.45) is 0 Å². The lowest BCUT2D eigenvalue weighted by atomic mass is 10.1. The summed E-state index contributed by atoms with van der Waals surface area (Å²) < 4.78 is 11.9. The van der Waals surface area contributed by atoms with Gasteiger partial charge in [-0.15, -0.1) is 0 Å². The van der Waals surface area contributed by atoms with Crippen LogP contribution >= 0.6 is 9.24 Å². The fraction of sp³-hybridized carbons (Fsp3) is 0.348. The second kappa shape index (κ2) is 9.25. The number of aryl methyl sites for hydroxylation is 1. The van der Waals surface area contributed by atoms with E-state index in [2.05, 4.69) is 46.5 Å². The van der Waals surface area contributed by atoms with Crippen LogP contribution in [0.5, 0.6) is 0 Å². The van der Waals surface area contributed by atoms with Crippen molar-refractivity contribution in [1.82, 2.24) is 9.97 Å². The van der Waals surface area contributed by atoms with Gasteiger partial charge in [0, 0.05) is 12.1 Å². The van der Waals surface area contributed by atoms with E-state index < -0.39 is 5.34 Å². The summed E-state index contributed by atoms with van der Waals surface area (Å²) in [6.07, 6.45) is 7.80. The van der Waals surface area contributed by atoms with Crippen LogP contribution in [0.25, 0.3) is 17.2 Å². The minimum Gasteiger partial charge on any atom is -0.484 e. The Labute approximate surface area is 170 Å². The molecule has 1 unspecified atom stereocenters. The molecule has 0 saturated carbocycles. The quantitative estimate of drug-likeness (QED) is 0.295. The van der Waals surface area contributed by atoms with Gasteiger partial charge in [-0.2, -0.15) is 0 Å². The summed E-state index contributed by atoms with van der Waals surface area (Å²) in [4.78, 5) is 8.02. The third kappa shape index (κ3) is 5.84. The Hall–Kier alpha value is -2.32. The highest BCUT2D eigenvalue weighted by molar-refractivity contribution is 7.18. The number of aromatic amines is 1. The molecular weight excluding hydrogens is 367 g/mol. The highest BCUT2D eigenvalue weighted by Gasteiger charge is 2.19. The molecule has 2 aromatic heterocycles. The Morgan fingerprint density at radius 1 is 1.36 bits per heavy atom. The van der Waals surface area contributed by atoms with Gasteiger partial charge in [-0.25, -0.2) is 4.98 Å². The number of ether oxygens (including phenoxy) is 1. The minimum absolute atomic E-state index is 0.400. The summed E-state index contributed by atoms with van der Waals surface area (Å²) in [5, 5.41) is -0.400. The molecule has 0 amide bonds. The van der Waals surface area contributed by atoms with E-state index in [4.69, 9.17) is 14.1 Å². The zero-order valence-corrected chi connectivity index (χ0v) is 18.7. The predicted molar refractivity (Wildman–Crippen MR) is 121 cm³/mol. The number of imidazole rings is 1. The Morgan fingerprint density at radius 3 is 2.68 bits per heavy atom. The Bertz CT molecular complexity index is 907. The van der Waals surface area contributed by atoms with Gasteiger partial charge in [-0.3, -0.25) is 0 Å². The summed E-state index contributed by atoms with van der Waals surface area (Å²) in [5.74, 6) is 2.65. The van der Waals surface area contributed by atoms with Crippen molar-refractivity contribution in [2.75, 3.05) is 0 Å². The SMILES string of the molecule is C=C(/C=C\CC)Cc1nc(-c2ccc(/C(=C/C)C(=C)OC(C)(C)P)o2)[nH]c1C. The Kier molecular flexibility index (Phi) is 7.26. The van der Waals surface area contributed by atoms with Gasteiger partial charge < -0.3 is 14.1 Å². The molecule has 0 aliphatic rings. The fourth-order valence-corrected chi connectivity index (χ4v) is 2.91. The summed E-state index contributed by atoms with van der Waals surface area (Å²) in [7, 11) is 2.65. The van der Waals surface area contributed by atoms with Crippen molar-refractivity contribution in [1.29, 1.82) is 0 Å². The fourth-order valence-electron chi connectivity index (χ4n) is 2.77. The van der Waals surface area contributed by atoms with Crippen molar-refractivity contribution < 1.29 is 9.15 Å². The van der Waals surface area contributed by atoms with E-state index in [0.29, 0.717) is 29.5 Å². The molecule has 4 nitrogen and oxygen atoms in total. The third-order valence-electron chi connectivity index (χ3n) is 4.05. The average Bonchev–Trinajstić information content (AvgIpc) is 3.20. The van der Waals surface area contributed by atoms with Crippen molar-refractivity contribution in [2.45, 2.75) is 52.8 Å². The van der Waals surface area contributed by atoms with Crippen LogP contribution < -0.4 is 0 Å². The molecule has 0 radical (unpaired) electrons. The van der Waals surface area contributed by atoms with Crippen LogP contribution in [0.4, 0.5) is 0 Å². The van der Waals surface area contributed by atoms with Crippen molar-refractivity contribution in [3.05, 3.63) is 72.0 Å². The molecule has 0 bridgehead atoms. The first-order valence-corrected chi connectivity index (χ1v) is 10.1. The zero-order chi connectivity index (χ0) is 20.9. The van der Waals surface area contributed by atoms with Gasteiger partial charge in [0.25, 0.3) is 0 Å². The molecule has 1 N–H and O–H groups in total. The van der Waals surface area contributed by atoms with Crippen LogP contribution in [0.3, 0.4) is 0 Å². The van der Waals surface area contributed by atoms with E-state index in [1.54, 1.807) is 0 Å². The number of H-pyrrole nitrogens is 1. The molecule has 0 aliphatic heterocycles. The number of nitrogens with one attached hydrogen (secondary N) is 1. The highest BCUT2D eigenvalue weighted by atomic mass is 31.0. The van der Waals surface area contributed by atoms with Crippen LogP contribution in [-0.4, -0.2) is 15.3 Å². The van der Waals surface area contributed by atoms with Crippen LogP contribution in [0.2, 0.25) is 0 Å². The van der Waals surface area contributed by atoms with Gasteiger partial charge in [0.05, 0.1) is 11.3 Å². The summed E-state index contributed by atoms with van der Waals surface area (Å²) >= 11 is 0. The maximum absolute atomic E-state index is 6.05. The number of allylic oxidation sites excluding steroid dienone is 5. The topological polar surface area (TPSA) is 51.1 Å². The number of nitrogens with zero attached hydrogens (tertiary/aromatic N) is 1. The van der Waals surface area contributed by atoms with E-state index >= 15 is 0 Å². The van der Waals surface area contributed by atoms with Gasteiger partial charge in [-0.1, -0.05) is 47.5 Å². The monoisotopic (exact) mass is 398 g/mol. The second-order valence-electron chi connectivity index (χ2n) is 7.30. The number of aromatic nitrogens is 2. The van der Waals surface area contributed by atoms with Gasteiger partial charge in [-0.05, 0) is 51.8 Å².